The zero-order chi connectivity index (χ0) is 11.0. The van der Waals surface area contributed by atoms with Crippen molar-refractivity contribution in [1.82, 2.24) is 5.32 Å². The van der Waals surface area contributed by atoms with Crippen LogP contribution in [0.3, 0.4) is 0 Å². The van der Waals surface area contributed by atoms with E-state index in [4.69, 9.17) is 4.74 Å². The number of hydrogen-bond donors (Lipinski definition) is 1. The van der Waals surface area contributed by atoms with Gasteiger partial charge in [0.25, 0.3) is 0 Å². The minimum atomic E-state index is -4.53. The Balaban J connectivity index is 3.27. The van der Waals surface area contributed by atoms with Gasteiger partial charge in [0, 0.05) is 26.3 Å². The molecule has 0 aliphatic carbocycles. The third-order valence-electron chi connectivity index (χ3n) is 1.62. The Morgan fingerprint density at radius 3 is 2.43 bits per heavy atom. The molecule has 86 valence electrons. The van der Waals surface area contributed by atoms with Gasteiger partial charge in [-0.3, -0.25) is 4.74 Å². The summed E-state index contributed by atoms with van der Waals surface area (Å²) in [4.78, 5) is 0. The van der Waals surface area contributed by atoms with Crippen LogP contribution in [0.4, 0.5) is 13.2 Å². The molecule has 0 fully saturated rings. The van der Waals surface area contributed by atoms with Gasteiger partial charge < -0.3 is 10.1 Å². The van der Waals surface area contributed by atoms with Crippen molar-refractivity contribution in [3.8, 4) is 0 Å². The molecular formula is C8H16F3NO2. The first-order valence-electron chi connectivity index (χ1n) is 4.38. The van der Waals surface area contributed by atoms with Gasteiger partial charge in [-0.05, 0) is 13.3 Å². The maximum Gasteiger partial charge on any atom is 0.522 e. The Labute approximate surface area is 81.6 Å². The van der Waals surface area contributed by atoms with Crippen LogP contribution in [0.2, 0.25) is 0 Å². The average molecular weight is 215 g/mol. The van der Waals surface area contributed by atoms with Crippen molar-refractivity contribution in [3.63, 3.8) is 0 Å². The molecule has 0 aromatic carbocycles. The molecule has 0 saturated carbocycles. The third-order valence-corrected chi connectivity index (χ3v) is 1.62. The summed E-state index contributed by atoms with van der Waals surface area (Å²) in [5.74, 6) is 0. The van der Waals surface area contributed by atoms with E-state index in [9.17, 15) is 13.2 Å². The summed E-state index contributed by atoms with van der Waals surface area (Å²) in [6.07, 6.45) is -3.76. The molecule has 1 unspecified atom stereocenters. The van der Waals surface area contributed by atoms with E-state index in [0.717, 1.165) is 6.42 Å². The second-order valence-corrected chi connectivity index (χ2v) is 2.93. The van der Waals surface area contributed by atoms with E-state index in [2.05, 4.69) is 10.1 Å². The lowest BCUT2D eigenvalue weighted by molar-refractivity contribution is -0.323. The molecule has 0 rings (SSSR count). The van der Waals surface area contributed by atoms with Crippen molar-refractivity contribution in [3.05, 3.63) is 0 Å². The van der Waals surface area contributed by atoms with Crippen LogP contribution in [0.5, 0.6) is 0 Å². The van der Waals surface area contributed by atoms with Crippen molar-refractivity contribution in [1.29, 1.82) is 0 Å². The lowest BCUT2D eigenvalue weighted by atomic mass is 10.2. The topological polar surface area (TPSA) is 30.5 Å². The largest absolute Gasteiger partial charge is 0.522 e. The summed E-state index contributed by atoms with van der Waals surface area (Å²) in [7, 11) is 1.58. The lowest BCUT2D eigenvalue weighted by Gasteiger charge is -2.13. The van der Waals surface area contributed by atoms with Crippen LogP contribution in [-0.2, 0) is 9.47 Å². The molecule has 0 aliphatic heterocycles. The molecule has 0 bridgehead atoms. The molecule has 6 heteroatoms. The number of ether oxygens (including phenoxy) is 2. The Morgan fingerprint density at radius 1 is 1.29 bits per heavy atom. The first-order valence-corrected chi connectivity index (χ1v) is 4.38. The molecule has 1 N–H and O–H groups in total. The highest BCUT2D eigenvalue weighted by atomic mass is 19.4. The maximum absolute atomic E-state index is 11.5. The van der Waals surface area contributed by atoms with Crippen LogP contribution >= 0.6 is 0 Å². The van der Waals surface area contributed by atoms with Crippen molar-refractivity contribution in [2.45, 2.75) is 25.7 Å². The van der Waals surface area contributed by atoms with E-state index < -0.39 is 6.36 Å². The molecular weight excluding hydrogens is 199 g/mol. The van der Waals surface area contributed by atoms with Crippen LogP contribution in [0.15, 0.2) is 0 Å². The van der Waals surface area contributed by atoms with Crippen LogP contribution < -0.4 is 5.32 Å². The van der Waals surface area contributed by atoms with Gasteiger partial charge in [-0.15, -0.1) is 13.2 Å². The summed E-state index contributed by atoms with van der Waals surface area (Å²) in [5.41, 5.74) is 0. The van der Waals surface area contributed by atoms with E-state index >= 15 is 0 Å². The van der Waals surface area contributed by atoms with Crippen molar-refractivity contribution < 1.29 is 22.6 Å². The molecule has 0 radical (unpaired) electrons. The van der Waals surface area contributed by atoms with Crippen molar-refractivity contribution in [2.24, 2.45) is 0 Å². The summed E-state index contributed by atoms with van der Waals surface area (Å²) in [5, 5.41) is 2.88. The number of halogens is 3. The summed E-state index contributed by atoms with van der Waals surface area (Å²) >= 11 is 0. The molecule has 3 nitrogen and oxygen atoms in total. The number of hydrogen-bond acceptors (Lipinski definition) is 3. The van der Waals surface area contributed by atoms with Gasteiger partial charge in [0.05, 0.1) is 6.61 Å². The summed E-state index contributed by atoms with van der Waals surface area (Å²) < 4.78 is 43.0. The van der Waals surface area contributed by atoms with Gasteiger partial charge in [0.2, 0.25) is 0 Å². The second-order valence-electron chi connectivity index (χ2n) is 2.93. The summed E-state index contributed by atoms with van der Waals surface area (Å²) in [6, 6.07) is 0.131. The Bertz CT molecular complexity index is 141. The number of alkyl halides is 3. The monoisotopic (exact) mass is 215 g/mol. The molecule has 0 spiro atoms. The quantitative estimate of drug-likeness (QED) is 0.653. The molecule has 0 aromatic heterocycles. The molecule has 1 atom stereocenters. The first-order chi connectivity index (χ1) is 6.45. The van der Waals surface area contributed by atoms with Crippen molar-refractivity contribution >= 4 is 0 Å². The van der Waals surface area contributed by atoms with Crippen LogP contribution in [0.25, 0.3) is 0 Å². The fourth-order valence-corrected chi connectivity index (χ4v) is 0.869. The minimum Gasteiger partial charge on any atom is -0.385 e. The van der Waals surface area contributed by atoms with E-state index in [1.165, 1.54) is 0 Å². The van der Waals surface area contributed by atoms with Crippen LogP contribution in [0, 0.1) is 0 Å². The number of nitrogens with one attached hydrogen (secondary N) is 1. The lowest BCUT2D eigenvalue weighted by Crippen LogP contribution is -2.31. The smallest absolute Gasteiger partial charge is 0.385 e. The Hall–Kier alpha value is -0.330. The number of methoxy groups -OCH3 is 1. The SMILES string of the molecule is COCCC(C)NCCOC(F)(F)F. The fraction of sp³-hybridized carbons (Fsp3) is 1.00. The van der Waals surface area contributed by atoms with Crippen LogP contribution in [-0.4, -0.2) is 39.3 Å². The predicted molar refractivity (Wildman–Crippen MR) is 46.0 cm³/mol. The van der Waals surface area contributed by atoms with E-state index in [0.29, 0.717) is 6.61 Å². The molecule has 0 saturated heterocycles. The van der Waals surface area contributed by atoms with E-state index in [1.807, 2.05) is 6.92 Å². The van der Waals surface area contributed by atoms with Gasteiger partial charge >= 0.3 is 6.36 Å². The Kier molecular flexibility index (Phi) is 6.86. The van der Waals surface area contributed by atoms with Gasteiger partial charge in [0.15, 0.2) is 0 Å². The van der Waals surface area contributed by atoms with Gasteiger partial charge in [-0.1, -0.05) is 0 Å². The fourth-order valence-electron chi connectivity index (χ4n) is 0.869. The minimum absolute atomic E-state index is 0.131. The zero-order valence-corrected chi connectivity index (χ0v) is 8.36. The molecule has 0 aromatic rings. The van der Waals surface area contributed by atoms with Gasteiger partial charge in [0.1, 0.15) is 0 Å². The normalized spacial score (nSPS) is 14.4. The summed E-state index contributed by atoms with van der Waals surface area (Å²) in [6.45, 7) is 2.30. The molecule has 14 heavy (non-hydrogen) atoms. The van der Waals surface area contributed by atoms with Crippen LogP contribution in [0.1, 0.15) is 13.3 Å². The highest BCUT2D eigenvalue weighted by Crippen LogP contribution is 2.15. The highest BCUT2D eigenvalue weighted by Gasteiger charge is 2.28. The van der Waals surface area contributed by atoms with Gasteiger partial charge in [-0.25, -0.2) is 0 Å². The second kappa shape index (κ2) is 7.03. The van der Waals surface area contributed by atoms with E-state index in [1.54, 1.807) is 7.11 Å². The Morgan fingerprint density at radius 2 is 1.93 bits per heavy atom. The molecule has 0 amide bonds. The third kappa shape index (κ3) is 9.76. The predicted octanol–water partition coefficient (Wildman–Crippen LogP) is 1.54. The van der Waals surface area contributed by atoms with Gasteiger partial charge in [-0.2, -0.15) is 0 Å². The van der Waals surface area contributed by atoms with Crippen molar-refractivity contribution in [2.75, 3.05) is 26.9 Å². The number of rotatable bonds is 7. The maximum atomic E-state index is 11.5. The highest BCUT2D eigenvalue weighted by molar-refractivity contribution is 4.59. The van der Waals surface area contributed by atoms with E-state index in [-0.39, 0.29) is 19.2 Å². The zero-order valence-electron chi connectivity index (χ0n) is 8.36. The molecule has 0 heterocycles. The average Bonchev–Trinajstić information content (AvgIpc) is 2.07. The standard InChI is InChI=1S/C8H16F3NO2/c1-7(3-5-13-2)12-4-6-14-8(9,10)11/h7,12H,3-6H2,1-2H3. The first kappa shape index (κ1) is 13.7. The molecule has 0 aliphatic rings.